The molecule has 0 unspecified atom stereocenters. The van der Waals surface area contributed by atoms with E-state index >= 15 is 0 Å². The van der Waals surface area contributed by atoms with Crippen LogP contribution < -0.4 is 0 Å². The number of aryl methyl sites for hydroxylation is 1. The van der Waals surface area contributed by atoms with Crippen molar-refractivity contribution in [2.75, 3.05) is 0 Å². The van der Waals surface area contributed by atoms with Crippen LogP contribution in [0.2, 0.25) is 5.15 Å². The Morgan fingerprint density at radius 1 is 1.38 bits per heavy atom. The minimum atomic E-state index is 0.484. The van der Waals surface area contributed by atoms with Gasteiger partial charge >= 0.3 is 0 Å². The molecule has 0 N–H and O–H groups in total. The quantitative estimate of drug-likeness (QED) is 0.676. The first kappa shape index (κ1) is 8.66. The summed E-state index contributed by atoms with van der Waals surface area (Å²) in [5.74, 6) is 0.708. The Labute approximate surface area is 85.2 Å². The molecule has 2 aromatic heterocycles. The van der Waals surface area contributed by atoms with Gasteiger partial charge in [0.1, 0.15) is 5.15 Å². The summed E-state index contributed by atoms with van der Waals surface area (Å²) in [6, 6.07) is 3.72. The van der Waals surface area contributed by atoms with Crippen LogP contribution in [0.3, 0.4) is 0 Å². The van der Waals surface area contributed by atoms with Crippen molar-refractivity contribution in [3.8, 4) is 10.7 Å². The first-order valence-corrected chi connectivity index (χ1v) is 5.06. The van der Waals surface area contributed by atoms with E-state index in [2.05, 4.69) is 9.97 Å². The second-order valence-corrected chi connectivity index (χ2v) is 3.94. The van der Waals surface area contributed by atoms with Gasteiger partial charge in [-0.2, -0.15) is 0 Å². The molecule has 66 valence electrons. The van der Waals surface area contributed by atoms with Gasteiger partial charge in [0.2, 0.25) is 0 Å². The Bertz CT molecular complexity index is 425. The van der Waals surface area contributed by atoms with Crippen LogP contribution in [0, 0.1) is 6.92 Å². The summed E-state index contributed by atoms with van der Waals surface area (Å²) in [6.45, 7) is 2.04. The van der Waals surface area contributed by atoms with E-state index in [-0.39, 0.29) is 0 Å². The highest BCUT2D eigenvalue weighted by Crippen LogP contribution is 2.26. The molecule has 2 nitrogen and oxygen atoms in total. The van der Waals surface area contributed by atoms with Gasteiger partial charge in [-0.1, -0.05) is 11.6 Å². The van der Waals surface area contributed by atoms with Gasteiger partial charge in [-0.25, -0.2) is 9.97 Å². The van der Waals surface area contributed by atoms with Crippen molar-refractivity contribution < 1.29 is 0 Å². The molecular formula is C9H7ClN2S. The number of aromatic nitrogens is 2. The lowest BCUT2D eigenvalue weighted by Crippen LogP contribution is -1.86. The Morgan fingerprint density at radius 3 is 2.85 bits per heavy atom. The van der Waals surface area contributed by atoms with Gasteiger partial charge in [0, 0.05) is 6.20 Å². The first-order valence-electron chi connectivity index (χ1n) is 3.80. The smallest absolute Gasteiger partial charge is 0.171 e. The highest BCUT2D eigenvalue weighted by molar-refractivity contribution is 7.13. The summed E-state index contributed by atoms with van der Waals surface area (Å²) in [7, 11) is 0. The molecule has 0 saturated heterocycles. The standard InChI is InChI=1S/C9H7ClN2S/c1-6-3-5-13-8(6)9-11-4-2-7(10)12-9/h2-5H,1H3. The summed E-state index contributed by atoms with van der Waals surface area (Å²) >= 11 is 7.40. The molecule has 0 aliphatic heterocycles. The minimum Gasteiger partial charge on any atom is -0.236 e. The summed E-state index contributed by atoms with van der Waals surface area (Å²) in [5, 5.41) is 2.51. The molecule has 0 aromatic carbocycles. The third-order valence-electron chi connectivity index (χ3n) is 1.69. The number of thiophene rings is 1. The minimum absolute atomic E-state index is 0.484. The fourth-order valence-corrected chi connectivity index (χ4v) is 2.05. The zero-order valence-electron chi connectivity index (χ0n) is 6.99. The van der Waals surface area contributed by atoms with E-state index in [9.17, 15) is 0 Å². The predicted molar refractivity (Wildman–Crippen MR) is 55.1 cm³/mol. The van der Waals surface area contributed by atoms with Crippen LogP contribution in [0.25, 0.3) is 10.7 Å². The van der Waals surface area contributed by atoms with Crippen LogP contribution in [-0.4, -0.2) is 9.97 Å². The molecule has 0 aliphatic rings. The van der Waals surface area contributed by atoms with Crippen LogP contribution in [0.5, 0.6) is 0 Å². The second kappa shape index (κ2) is 3.44. The van der Waals surface area contributed by atoms with Gasteiger partial charge in [0.25, 0.3) is 0 Å². The van der Waals surface area contributed by atoms with Crippen LogP contribution in [0.15, 0.2) is 23.7 Å². The largest absolute Gasteiger partial charge is 0.236 e. The fourth-order valence-electron chi connectivity index (χ4n) is 1.05. The molecule has 0 fully saturated rings. The van der Waals surface area contributed by atoms with Crippen LogP contribution in [0.1, 0.15) is 5.56 Å². The van der Waals surface area contributed by atoms with E-state index in [0.29, 0.717) is 11.0 Å². The molecular weight excluding hydrogens is 204 g/mol. The van der Waals surface area contributed by atoms with Gasteiger partial charge in [0.15, 0.2) is 5.82 Å². The highest BCUT2D eigenvalue weighted by Gasteiger charge is 2.05. The van der Waals surface area contributed by atoms with Crippen molar-refractivity contribution in [2.45, 2.75) is 6.92 Å². The zero-order valence-corrected chi connectivity index (χ0v) is 8.56. The lowest BCUT2D eigenvalue weighted by atomic mass is 10.3. The van der Waals surface area contributed by atoms with Gasteiger partial charge in [0.05, 0.1) is 4.88 Å². The average molecular weight is 211 g/mol. The summed E-state index contributed by atoms with van der Waals surface area (Å²) < 4.78 is 0. The third-order valence-corrected chi connectivity index (χ3v) is 2.91. The van der Waals surface area contributed by atoms with E-state index in [0.717, 1.165) is 4.88 Å². The summed E-state index contributed by atoms with van der Waals surface area (Å²) in [4.78, 5) is 9.38. The lowest BCUT2D eigenvalue weighted by Gasteiger charge is -1.97. The second-order valence-electron chi connectivity index (χ2n) is 2.64. The molecule has 0 atom stereocenters. The van der Waals surface area contributed by atoms with E-state index in [1.54, 1.807) is 23.6 Å². The maximum atomic E-state index is 5.77. The molecule has 4 heteroatoms. The summed E-state index contributed by atoms with van der Waals surface area (Å²) in [5.41, 5.74) is 1.19. The molecule has 0 radical (unpaired) electrons. The Hall–Kier alpha value is -0.930. The maximum absolute atomic E-state index is 5.77. The SMILES string of the molecule is Cc1ccsc1-c1nccc(Cl)n1. The molecule has 13 heavy (non-hydrogen) atoms. The molecule has 0 bridgehead atoms. The highest BCUT2D eigenvalue weighted by atomic mass is 35.5. The zero-order chi connectivity index (χ0) is 9.26. The van der Waals surface area contributed by atoms with Crippen molar-refractivity contribution in [1.82, 2.24) is 9.97 Å². The number of hydrogen-bond acceptors (Lipinski definition) is 3. The molecule has 2 rings (SSSR count). The lowest BCUT2D eigenvalue weighted by molar-refractivity contribution is 1.18. The van der Waals surface area contributed by atoms with Gasteiger partial charge < -0.3 is 0 Å². The summed E-state index contributed by atoms with van der Waals surface area (Å²) in [6.07, 6.45) is 1.67. The van der Waals surface area contributed by atoms with Crippen molar-refractivity contribution in [3.63, 3.8) is 0 Å². The number of rotatable bonds is 1. The van der Waals surface area contributed by atoms with E-state index in [1.807, 2.05) is 18.4 Å². The van der Waals surface area contributed by atoms with Crippen molar-refractivity contribution >= 4 is 22.9 Å². The molecule has 0 aliphatic carbocycles. The molecule has 0 amide bonds. The number of nitrogens with zero attached hydrogens (tertiary/aromatic N) is 2. The van der Waals surface area contributed by atoms with Crippen molar-refractivity contribution in [3.05, 3.63) is 34.4 Å². The molecule has 0 spiro atoms. The van der Waals surface area contributed by atoms with Crippen LogP contribution in [-0.2, 0) is 0 Å². The van der Waals surface area contributed by atoms with E-state index in [4.69, 9.17) is 11.6 Å². The molecule has 0 saturated carbocycles. The normalized spacial score (nSPS) is 10.3. The average Bonchev–Trinajstić information content (AvgIpc) is 2.51. The monoisotopic (exact) mass is 210 g/mol. The first-order chi connectivity index (χ1) is 6.27. The van der Waals surface area contributed by atoms with E-state index < -0.39 is 0 Å². The molecule has 2 heterocycles. The van der Waals surface area contributed by atoms with Gasteiger partial charge in [-0.05, 0) is 30.0 Å². The van der Waals surface area contributed by atoms with Crippen LogP contribution in [0.4, 0.5) is 0 Å². The Morgan fingerprint density at radius 2 is 2.23 bits per heavy atom. The van der Waals surface area contributed by atoms with Gasteiger partial charge in [-0.15, -0.1) is 11.3 Å². The van der Waals surface area contributed by atoms with Crippen molar-refractivity contribution in [2.24, 2.45) is 0 Å². The Kier molecular flexibility index (Phi) is 2.29. The fraction of sp³-hybridized carbons (Fsp3) is 0.111. The van der Waals surface area contributed by atoms with E-state index in [1.165, 1.54) is 5.56 Å². The third kappa shape index (κ3) is 1.71. The maximum Gasteiger partial charge on any atom is 0.171 e. The number of halogens is 1. The Balaban J connectivity index is 2.53. The van der Waals surface area contributed by atoms with Gasteiger partial charge in [-0.3, -0.25) is 0 Å². The molecule has 2 aromatic rings. The predicted octanol–water partition coefficient (Wildman–Crippen LogP) is 3.17. The van der Waals surface area contributed by atoms with Crippen LogP contribution >= 0.6 is 22.9 Å². The van der Waals surface area contributed by atoms with Crippen molar-refractivity contribution in [1.29, 1.82) is 0 Å². The topological polar surface area (TPSA) is 25.8 Å². The number of hydrogen-bond donors (Lipinski definition) is 0.